The molecule has 0 aromatic heterocycles. The van der Waals surface area contributed by atoms with Gasteiger partial charge in [-0.1, -0.05) is 18.2 Å². The lowest BCUT2D eigenvalue weighted by atomic mass is 9.99. The van der Waals surface area contributed by atoms with E-state index in [4.69, 9.17) is 10.5 Å². The summed E-state index contributed by atoms with van der Waals surface area (Å²) in [6, 6.07) is 11.9. The highest BCUT2D eigenvalue weighted by atomic mass is 16.5. The molecule has 0 saturated carbocycles. The Labute approximate surface area is 143 Å². The molecule has 1 heterocycles. The molecule has 4 nitrogen and oxygen atoms in total. The molecule has 0 spiro atoms. The molecule has 0 bridgehead atoms. The van der Waals surface area contributed by atoms with Gasteiger partial charge in [0.25, 0.3) is 0 Å². The number of carbonyl (C=O) groups is 1. The van der Waals surface area contributed by atoms with Gasteiger partial charge in [0, 0.05) is 17.9 Å². The van der Waals surface area contributed by atoms with Crippen LogP contribution in [0.4, 0.5) is 11.4 Å². The van der Waals surface area contributed by atoms with E-state index in [2.05, 4.69) is 6.07 Å². The van der Waals surface area contributed by atoms with Crippen molar-refractivity contribution in [1.82, 2.24) is 0 Å². The first-order valence-electron chi connectivity index (χ1n) is 8.44. The summed E-state index contributed by atoms with van der Waals surface area (Å²) in [6.45, 7) is 5.18. The van der Waals surface area contributed by atoms with Gasteiger partial charge in [-0.2, -0.15) is 0 Å². The van der Waals surface area contributed by atoms with Crippen molar-refractivity contribution in [3.63, 3.8) is 0 Å². The monoisotopic (exact) mass is 324 g/mol. The summed E-state index contributed by atoms with van der Waals surface area (Å²) in [4.78, 5) is 14.5. The van der Waals surface area contributed by atoms with E-state index in [-0.39, 0.29) is 5.91 Å². The number of aryl methyl sites for hydroxylation is 2. The molecule has 1 aliphatic heterocycles. The van der Waals surface area contributed by atoms with Gasteiger partial charge in [0.05, 0.1) is 13.0 Å². The molecule has 0 radical (unpaired) electrons. The third-order valence-electron chi connectivity index (χ3n) is 4.51. The summed E-state index contributed by atoms with van der Waals surface area (Å²) >= 11 is 0. The van der Waals surface area contributed by atoms with Crippen molar-refractivity contribution >= 4 is 17.3 Å². The molecule has 3 rings (SSSR count). The van der Waals surface area contributed by atoms with Gasteiger partial charge in [0.15, 0.2) is 0 Å². The minimum Gasteiger partial charge on any atom is -0.493 e. The third kappa shape index (κ3) is 3.37. The molecular weight excluding hydrogens is 300 g/mol. The van der Waals surface area contributed by atoms with Crippen molar-refractivity contribution in [2.45, 2.75) is 33.1 Å². The molecule has 0 saturated heterocycles. The molecule has 1 amide bonds. The molecule has 1 aliphatic rings. The number of nitrogen functional groups attached to an aromatic ring is 1. The van der Waals surface area contributed by atoms with Crippen LogP contribution in [0.2, 0.25) is 0 Å². The van der Waals surface area contributed by atoms with Crippen LogP contribution in [0.3, 0.4) is 0 Å². The largest absolute Gasteiger partial charge is 0.493 e. The molecule has 4 heteroatoms. The fraction of sp³-hybridized carbons (Fsp3) is 0.350. The summed E-state index contributed by atoms with van der Waals surface area (Å²) < 4.78 is 5.82. The van der Waals surface area contributed by atoms with Crippen LogP contribution >= 0.6 is 0 Å². The molecule has 24 heavy (non-hydrogen) atoms. The highest BCUT2D eigenvalue weighted by Crippen LogP contribution is 2.31. The first kappa shape index (κ1) is 16.4. The van der Waals surface area contributed by atoms with E-state index >= 15 is 0 Å². The summed E-state index contributed by atoms with van der Waals surface area (Å²) in [7, 11) is 0. The average Bonchev–Trinajstić information content (AvgIpc) is 2.58. The van der Waals surface area contributed by atoms with Gasteiger partial charge in [0.2, 0.25) is 5.91 Å². The van der Waals surface area contributed by atoms with Gasteiger partial charge < -0.3 is 15.4 Å². The average molecular weight is 324 g/mol. The number of carbonyl (C=O) groups excluding carboxylic acids is 1. The van der Waals surface area contributed by atoms with Crippen LogP contribution in [0.1, 0.15) is 29.5 Å². The third-order valence-corrected chi connectivity index (χ3v) is 4.51. The van der Waals surface area contributed by atoms with Crippen LogP contribution in [-0.2, 0) is 11.2 Å². The Morgan fingerprint density at radius 2 is 2.08 bits per heavy atom. The normalized spacial score (nSPS) is 13.5. The maximum atomic E-state index is 12.6. The number of hydrogen-bond acceptors (Lipinski definition) is 3. The summed E-state index contributed by atoms with van der Waals surface area (Å²) in [6.07, 6.45) is 2.25. The minimum absolute atomic E-state index is 0.0897. The fourth-order valence-electron chi connectivity index (χ4n) is 3.16. The molecule has 2 N–H and O–H groups in total. The second-order valence-electron chi connectivity index (χ2n) is 6.36. The van der Waals surface area contributed by atoms with E-state index in [9.17, 15) is 4.79 Å². The van der Waals surface area contributed by atoms with Gasteiger partial charge in [0.1, 0.15) is 5.75 Å². The Bertz CT molecular complexity index is 755. The van der Waals surface area contributed by atoms with Gasteiger partial charge in [-0.25, -0.2) is 0 Å². The summed E-state index contributed by atoms with van der Waals surface area (Å²) in [5, 5.41) is 0. The predicted molar refractivity (Wildman–Crippen MR) is 97.6 cm³/mol. The quantitative estimate of drug-likeness (QED) is 0.874. The van der Waals surface area contributed by atoms with E-state index in [1.54, 1.807) is 0 Å². The van der Waals surface area contributed by atoms with Crippen molar-refractivity contribution < 1.29 is 9.53 Å². The lowest BCUT2D eigenvalue weighted by Gasteiger charge is -2.30. The van der Waals surface area contributed by atoms with E-state index in [1.807, 2.05) is 49.1 Å². The van der Waals surface area contributed by atoms with E-state index < -0.39 is 0 Å². The zero-order valence-electron chi connectivity index (χ0n) is 14.3. The zero-order chi connectivity index (χ0) is 17.1. The van der Waals surface area contributed by atoms with E-state index in [0.29, 0.717) is 13.0 Å². The molecular formula is C20H24N2O2. The molecule has 2 aromatic rings. The molecule has 0 atom stereocenters. The Hall–Kier alpha value is -2.49. The van der Waals surface area contributed by atoms with E-state index in [0.717, 1.165) is 53.2 Å². The Balaban J connectivity index is 1.64. The molecule has 0 unspecified atom stereocenters. The van der Waals surface area contributed by atoms with Gasteiger partial charge in [-0.15, -0.1) is 0 Å². The lowest BCUT2D eigenvalue weighted by Crippen LogP contribution is -2.36. The van der Waals surface area contributed by atoms with Crippen LogP contribution in [0.25, 0.3) is 0 Å². The number of ether oxygens (including phenoxy) is 1. The van der Waals surface area contributed by atoms with Crippen LogP contribution in [0, 0.1) is 13.8 Å². The number of amides is 1. The van der Waals surface area contributed by atoms with Crippen LogP contribution in [0.5, 0.6) is 5.75 Å². The first-order valence-corrected chi connectivity index (χ1v) is 8.44. The fourth-order valence-corrected chi connectivity index (χ4v) is 3.16. The Kier molecular flexibility index (Phi) is 4.74. The number of hydrogen-bond donors (Lipinski definition) is 1. The topological polar surface area (TPSA) is 55.6 Å². The minimum atomic E-state index is 0.0897. The number of benzene rings is 2. The molecule has 126 valence electrons. The standard InChI is InChI=1S/C20H24N2O2/c1-14-8-9-15(2)19(13-14)24-12-10-20(23)22-11-4-5-16-17(21)6-3-7-18(16)22/h3,6-9,13H,4-5,10-12,21H2,1-2H3. The maximum Gasteiger partial charge on any atom is 0.230 e. The second kappa shape index (κ2) is 6.95. The molecule has 0 fully saturated rings. The van der Waals surface area contributed by atoms with E-state index in [1.165, 1.54) is 0 Å². The zero-order valence-corrected chi connectivity index (χ0v) is 14.3. The second-order valence-corrected chi connectivity index (χ2v) is 6.36. The number of rotatable bonds is 4. The SMILES string of the molecule is Cc1ccc(C)c(OCCC(=O)N2CCCc3c(N)cccc32)c1. The highest BCUT2D eigenvalue weighted by molar-refractivity contribution is 5.95. The van der Waals surface area contributed by atoms with Crippen LogP contribution in [0.15, 0.2) is 36.4 Å². The Morgan fingerprint density at radius 1 is 1.25 bits per heavy atom. The summed E-state index contributed by atoms with van der Waals surface area (Å²) in [5.74, 6) is 0.943. The van der Waals surface area contributed by atoms with Crippen LogP contribution < -0.4 is 15.4 Å². The highest BCUT2D eigenvalue weighted by Gasteiger charge is 2.23. The van der Waals surface area contributed by atoms with Crippen LogP contribution in [-0.4, -0.2) is 19.1 Å². The van der Waals surface area contributed by atoms with Crippen molar-refractivity contribution in [2.24, 2.45) is 0 Å². The predicted octanol–water partition coefficient (Wildman–Crippen LogP) is 3.63. The van der Waals surface area contributed by atoms with Gasteiger partial charge >= 0.3 is 0 Å². The van der Waals surface area contributed by atoms with Crippen molar-refractivity contribution in [3.8, 4) is 5.75 Å². The summed E-state index contributed by atoms with van der Waals surface area (Å²) in [5.41, 5.74) is 11.1. The van der Waals surface area contributed by atoms with Gasteiger partial charge in [-0.05, 0) is 61.6 Å². The van der Waals surface area contributed by atoms with Crippen molar-refractivity contribution in [2.75, 3.05) is 23.8 Å². The van der Waals surface area contributed by atoms with Crippen molar-refractivity contribution in [3.05, 3.63) is 53.1 Å². The number of anilines is 2. The van der Waals surface area contributed by atoms with Crippen molar-refractivity contribution in [1.29, 1.82) is 0 Å². The maximum absolute atomic E-state index is 12.6. The smallest absolute Gasteiger partial charge is 0.230 e. The lowest BCUT2D eigenvalue weighted by molar-refractivity contribution is -0.119. The number of fused-ring (bicyclic) bond motifs is 1. The molecule has 2 aromatic carbocycles. The number of nitrogens with zero attached hydrogens (tertiary/aromatic N) is 1. The molecule has 0 aliphatic carbocycles. The Morgan fingerprint density at radius 3 is 2.92 bits per heavy atom. The first-order chi connectivity index (χ1) is 11.6. The number of nitrogens with two attached hydrogens (primary N) is 1. The van der Waals surface area contributed by atoms with Gasteiger partial charge in [-0.3, -0.25) is 4.79 Å².